The van der Waals surface area contributed by atoms with Crippen molar-refractivity contribution < 1.29 is 13.9 Å². The molecule has 0 fully saturated rings. The Labute approximate surface area is 111 Å². The van der Waals surface area contributed by atoms with Gasteiger partial charge in [-0.15, -0.1) is 0 Å². The molecule has 0 saturated carbocycles. The van der Waals surface area contributed by atoms with Crippen LogP contribution in [-0.4, -0.2) is 13.7 Å². The quantitative estimate of drug-likeness (QED) is 0.626. The third-order valence-electron chi connectivity index (χ3n) is 2.64. The summed E-state index contributed by atoms with van der Waals surface area (Å²) in [5.74, 6) is 0.999. The van der Waals surface area contributed by atoms with E-state index in [1.165, 1.54) is 18.7 Å². The Balaban J connectivity index is 2.44. The van der Waals surface area contributed by atoms with Gasteiger partial charge in [-0.1, -0.05) is 5.57 Å². The van der Waals surface area contributed by atoms with E-state index in [2.05, 4.69) is 0 Å². The molecule has 1 aromatic carbocycles. The van der Waals surface area contributed by atoms with Gasteiger partial charge in [-0.25, -0.2) is 4.79 Å². The summed E-state index contributed by atoms with van der Waals surface area (Å²) in [7, 11) is 1.52. The molecule has 0 saturated heterocycles. The summed E-state index contributed by atoms with van der Waals surface area (Å²) in [6.07, 6.45) is 1.96. The van der Waals surface area contributed by atoms with Crippen LogP contribution in [0.5, 0.6) is 11.5 Å². The van der Waals surface area contributed by atoms with E-state index < -0.39 is 5.63 Å². The van der Waals surface area contributed by atoms with Crippen LogP contribution >= 0.6 is 0 Å². The molecule has 0 aliphatic carbocycles. The summed E-state index contributed by atoms with van der Waals surface area (Å²) in [5.41, 5.74) is 1.17. The van der Waals surface area contributed by atoms with Crippen LogP contribution in [0.15, 0.2) is 45.1 Å². The molecule has 0 bridgehead atoms. The molecule has 0 spiro atoms. The van der Waals surface area contributed by atoms with Crippen LogP contribution in [0.1, 0.15) is 13.8 Å². The maximum Gasteiger partial charge on any atom is 0.336 e. The Bertz CT molecular complexity index is 663. The zero-order valence-corrected chi connectivity index (χ0v) is 11.2. The largest absolute Gasteiger partial charge is 0.490 e. The topological polar surface area (TPSA) is 48.7 Å². The second-order valence-electron chi connectivity index (χ2n) is 4.36. The smallest absolute Gasteiger partial charge is 0.336 e. The summed E-state index contributed by atoms with van der Waals surface area (Å²) in [6, 6.07) is 6.72. The Morgan fingerprint density at radius 2 is 2.00 bits per heavy atom. The Morgan fingerprint density at radius 3 is 2.68 bits per heavy atom. The van der Waals surface area contributed by atoms with Crippen molar-refractivity contribution in [2.45, 2.75) is 13.8 Å². The minimum Gasteiger partial charge on any atom is -0.490 e. The molecule has 0 aliphatic rings. The van der Waals surface area contributed by atoms with Crippen molar-refractivity contribution in [3.8, 4) is 11.5 Å². The lowest BCUT2D eigenvalue weighted by Gasteiger charge is -2.10. The summed E-state index contributed by atoms with van der Waals surface area (Å²) in [6.45, 7) is 4.45. The standard InChI is InChI=1S/C15H16O4/c1-10(2)8-9-18-12-6-4-11-5-7-13(16)19-14(11)15(12)17-3/h4-8H,9H2,1-3H3. The molecule has 2 aromatic rings. The number of ether oxygens (including phenoxy) is 2. The van der Waals surface area contributed by atoms with Gasteiger partial charge in [-0.2, -0.15) is 0 Å². The van der Waals surface area contributed by atoms with Crippen LogP contribution in [0.4, 0.5) is 0 Å². The minimum absolute atomic E-state index is 0.407. The molecule has 0 radical (unpaired) electrons. The third kappa shape index (κ3) is 2.96. The minimum atomic E-state index is -0.410. The third-order valence-corrected chi connectivity index (χ3v) is 2.64. The highest BCUT2D eigenvalue weighted by molar-refractivity contribution is 5.85. The normalized spacial score (nSPS) is 10.3. The average Bonchev–Trinajstić information content (AvgIpc) is 2.37. The molecule has 19 heavy (non-hydrogen) atoms. The number of fused-ring (bicyclic) bond motifs is 1. The molecule has 0 aliphatic heterocycles. The van der Waals surface area contributed by atoms with E-state index in [1.807, 2.05) is 26.0 Å². The Kier molecular flexibility index (Phi) is 3.90. The second-order valence-corrected chi connectivity index (χ2v) is 4.36. The molecular weight excluding hydrogens is 244 g/mol. The van der Waals surface area contributed by atoms with Crippen molar-refractivity contribution in [2.24, 2.45) is 0 Å². The molecule has 100 valence electrons. The van der Waals surface area contributed by atoms with E-state index in [4.69, 9.17) is 13.9 Å². The first kappa shape index (κ1) is 13.2. The monoisotopic (exact) mass is 260 g/mol. The highest BCUT2D eigenvalue weighted by atomic mass is 16.5. The van der Waals surface area contributed by atoms with E-state index in [0.717, 1.165) is 5.39 Å². The Morgan fingerprint density at radius 1 is 1.26 bits per heavy atom. The molecular formula is C15H16O4. The number of benzene rings is 1. The molecule has 0 atom stereocenters. The van der Waals surface area contributed by atoms with E-state index in [0.29, 0.717) is 23.7 Å². The van der Waals surface area contributed by atoms with Crippen LogP contribution in [0.25, 0.3) is 11.0 Å². The molecule has 0 unspecified atom stereocenters. The van der Waals surface area contributed by atoms with Gasteiger partial charge in [0.1, 0.15) is 6.61 Å². The zero-order valence-electron chi connectivity index (χ0n) is 11.2. The zero-order chi connectivity index (χ0) is 13.8. The predicted molar refractivity (Wildman–Crippen MR) is 74.0 cm³/mol. The highest BCUT2D eigenvalue weighted by Crippen LogP contribution is 2.34. The van der Waals surface area contributed by atoms with Crippen molar-refractivity contribution in [3.63, 3.8) is 0 Å². The summed E-state index contributed by atoms with van der Waals surface area (Å²) >= 11 is 0. The first-order chi connectivity index (χ1) is 9.11. The van der Waals surface area contributed by atoms with E-state index in [9.17, 15) is 4.79 Å². The van der Waals surface area contributed by atoms with Crippen molar-refractivity contribution in [2.75, 3.05) is 13.7 Å². The van der Waals surface area contributed by atoms with Gasteiger partial charge >= 0.3 is 5.63 Å². The van der Waals surface area contributed by atoms with E-state index in [-0.39, 0.29) is 0 Å². The van der Waals surface area contributed by atoms with Gasteiger partial charge in [0, 0.05) is 11.5 Å². The van der Waals surface area contributed by atoms with E-state index >= 15 is 0 Å². The maximum absolute atomic E-state index is 11.3. The molecule has 4 heteroatoms. The highest BCUT2D eigenvalue weighted by Gasteiger charge is 2.11. The molecule has 0 N–H and O–H groups in total. The fourth-order valence-electron chi connectivity index (χ4n) is 1.69. The van der Waals surface area contributed by atoms with Gasteiger partial charge < -0.3 is 13.9 Å². The van der Waals surface area contributed by atoms with Crippen LogP contribution < -0.4 is 15.1 Å². The van der Waals surface area contributed by atoms with Gasteiger partial charge in [0.2, 0.25) is 5.75 Å². The maximum atomic E-state index is 11.3. The molecule has 2 rings (SSSR count). The van der Waals surface area contributed by atoms with Crippen LogP contribution in [0, 0.1) is 0 Å². The number of hydrogen-bond acceptors (Lipinski definition) is 4. The Hall–Kier alpha value is -2.23. The van der Waals surface area contributed by atoms with Gasteiger partial charge in [0.05, 0.1) is 7.11 Å². The van der Waals surface area contributed by atoms with Crippen molar-refractivity contribution in [1.82, 2.24) is 0 Å². The first-order valence-electron chi connectivity index (χ1n) is 5.99. The van der Waals surface area contributed by atoms with Crippen molar-refractivity contribution >= 4 is 11.0 Å². The number of allylic oxidation sites excluding steroid dienone is 1. The van der Waals surface area contributed by atoms with Gasteiger partial charge in [-0.05, 0) is 38.1 Å². The fraction of sp³-hybridized carbons (Fsp3) is 0.267. The average molecular weight is 260 g/mol. The predicted octanol–water partition coefficient (Wildman–Crippen LogP) is 3.15. The van der Waals surface area contributed by atoms with Gasteiger partial charge in [-0.3, -0.25) is 0 Å². The lowest BCUT2D eigenvalue weighted by atomic mass is 10.2. The van der Waals surface area contributed by atoms with Crippen LogP contribution in [0.2, 0.25) is 0 Å². The van der Waals surface area contributed by atoms with Crippen molar-refractivity contribution in [1.29, 1.82) is 0 Å². The lowest BCUT2D eigenvalue weighted by molar-refractivity contribution is 0.324. The summed E-state index contributed by atoms with van der Waals surface area (Å²) < 4.78 is 16.1. The molecule has 1 heterocycles. The van der Waals surface area contributed by atoms with Gasteiger partial charge in [0.15, 0.2) is 11.3 Å². The fourth-order valence-corrected chi connectivity index (χ4v) is 1.69. The lowest BCUT2D eigenvalue weighted by Crippen LogP contribution is -2.00. The number of methoxy groups -OCH3 is 1. The van der Waals surface area contributed by atoms with Crippen LogP contribution in [0.3, 0.4) is 0 Å². The molecule has 1 aromatic heterocycles. The SMILES string of the molecule is COc1c(OCC=C(C)C)ccc2ccc(=O)oc12. The van der Waals surface area contributed by atoms with E-state index in [1.54, 1.807) is 12.1 Å². The van der Waals surface area contributed by atoms with Crippen molar-refractivity contribution in [3.05, 3.63) is 46.3 Å². The summed E-state index contributed by atoms with van der Waals surface area (Å²) in [5, 5.41) is 0.797. The number of hydrogen-bond donors (Lipinski definition) is 0. The number of rotatable bonds is 4. The van der Waals surface area contributed by atoms with Crippen LogP contribution in [-0.2, 0) is 0 Å². The summed E-state index contributed by atoms with van der Waals surface area (Å²) in [4.78, 5) is 11.3. The second kappa shape index (κ2) is 5.61. The van der Waals surface area contributed by atoms with Gasteiger partial charge in [0.25, 0.3) is 0 Å². The first-order valence-corrected chi connectivity index (χ1v) is 5.99. The molecule has 0 amide bonds. The molecule has 4 nitrogen and oxygen atoms in total.